The highest BCUT2D eigenvalue weighted by atomic mass is 79.9. The van der Waals surface area contributed by atoms with Gasteiger partial charge in [-0.1, -0.05) is 22.0 Å². The number of nitrogens with zero attached hydrogens (tertiary/aromatic N) is 2. The molecule has 0 radical (unpaired) electrons. The molecule has 0 aliphatic heterocycles. The predicted molar refractivity (Wildman–Crippen MR) is 74.8 cm³/mol. The van der Waals surface area contributed by atoms with Crippen molar-refractivity contribution in [1.82, 2.24) is 4.98 Å². The van der Waals surface area contributed by atoms with E-state index in [0.29, 0.717) is 11.6 Å². The summed E-state index contributed by atoms with van der Waals surface area (Å²) in [6, 6.07) is 8.11. The maximum absolute atomic E-state index is 10.7. The summed E-state index contributed by atoms with van der Waals surface area (Å²) in [4.78, 5) is 14.4. The number of nitro benzene ring substituents is 1. The molecule has 2 aromatic rings. The lowest BCUT2D eigenvalue weighted by Crippen LogP contribution is -1.93. The first-order valence-corrected chi connectivity index (χ1v) is 6.66. The summed E-state index contributed by atoms with van der Waals surface area (Å²) in [6.07, 6.45) is 1.69. The molecule has 0 unspecified atom stereocenters. The number of benzene rings is 1. The van der Waals surface area contributed by atoms with Crippen LogP contribution in [0.4, 0.5) is 5.69 Å². The van der Waals surface area contributed by atoms with E-state index in [9.17, 15) is 10.1 Å². The van der Waals surface area contributed by atoms with Gasteiger partial charge in [-0.25, -0.2) is 4.98 Å². The van der Waals surface area contributed by atoms with Crippen LogP contribution in [0.2, 0.25) is 0 Å². The second-order valence-electron chi connectivity index (χ2n) is 3.95. The van der Waals surface area contributed by atoms with Crippen LogP contribution in [0, 0.1) is 17.0 Å². The van der Waals surface area contributed by atoms with Crippen LogP contribution in [-0.4, -0.2) is 9.91 Å². The van der Waals surface area contributed by atoms with Gasteiger partial charge in [-0.2, -0.15) is 0 Å². The largest absolute Gasteiger partial charge is 0.439 e. The number of aromatic nitrogens is 1. The molecular formula is C13H11BrN2O3. The van der Waals surface area contributed by atoms with Crippen LogP contribution in [0.3, 0.4) is 0 Å². The number of non-ortho nitro benzene ring substituents is 1. The quantitative estimate of drug-likeness (QED) is 0.485. The van der Waals surface area contributed by atoms with Crippen molar-refractivity contribution in [3.05, 3.63) is 57.8 Å². The number of hydrogen-bond acceptors (Lipinski definition) is 4. The van der Waals surface area contributed by atoms with E-state index in [1.54, 1.807) is 18.3 Å². The minimum absolute atomic E-state index is 0.00215. The molecule has 0 saturated heterocycles. The molecule has 0 spiro atoms. The topological polar surface area (TPSA) is 65.3 Å². The normalized spacial score (nSPS) is 10.2. The number of hydrogen-bond donors (Lipinski definition) is 0. The Morgan fingerprint density at radius 2 is 2.16 bits per heavy atom. The Balaban J connectivity index is 2.26. The third-order valence-corrected chi connectivity index (χ3v) is 3.20. The maximum Gasteiger partial charge on any atom is 0.273 e. The molecule has 1 aromatic heterocycles. The number of nitro groups is 1. The molecule has 19 heavy (non-hydrogen) atoms. The highest BCUT2D eigenvalue weighted by molar-refractivity contribution is 9.08. The van der Waals surface area contributed by atoms with Crippen molar-refractivity contribution >= 4 is 21.6 Å². The molecule has 6 heteroatoms. The van der Waals surface area contributed by atoms with E-state index in [2.05, 4.69) is 20.9 Å². The summed E-state index contributed by atoms with van der Waals surface area (Å²) in [5.41, 5.74) is 1.85. The van der Waals surface area contributed by atoms with Gasteiger partial charge in [0.2, 0.25) is 5.88 Å². The number of alkyl halides is 1. The van der Waals surface area contributed by atoms with E-state index in [4.69, 9.17) is 4.74 Å². The monoisotopic (exact) mass is 322 g/mol. The van der Waals surface area contributed by atoms with Crippen LogP contribution in [0.5, 0.6) is 11.6 Å². The molecule has 0 bridgehead atoms. The van der Waals surface area contributed by atoms with Crippen molar-refractivity contribution in [2.24, 2.45) is 0 Å². The third-order valence-electron chi connectivity index (χ3n) is 2.55. The summed E-state index contributed by atoms with van der Waals surface area (Å²) in [5.74, 6) is 0.849. The summed E-state index contributed by atoms with van der Waals surface area (Å²) in [5, 5.41) is 11.4. The molecule has 1 aromatic carbocycles. The van der Waals surface area contributed by atoms with Gasteiger partial charge < -0.3 is 4.74 Å². The zero-order chi connectivity index (χ0) is 13.8. The SMILES string of the molecule is Cc1ccc([N+](=O)[O-])cc1Oc1ccc(CBr)cn1. The Hall–Kier alpha value is -1.95. The molecule has 1 heterocycles. The van der Waals surface area contributed by atoms with Crippen molar-refractivity contribution in [3.8, 4) is 11.6 Å². The molecule has 0 aliphatic carbocycles. The zero-order valence-electron chi connectivity index (χ0n) is 10.2. The van der Waals surface area contributed by atoms with E-state index in [1.807, 2.05) is 13.0 Å². The fourth-order valence-corrected chi connectivity index (χ4v) is 1.81. The number of rotatable bonds is 4. The van der Waals surface area contributed by atoms with Gasteiger partial charge in [0.1, 0.15) is 5.75 Å². The second-order valence-corrected chi connectivity index (χ2v) is 4.51. The first kappa shape index (κ1) is 13.5. The van der Waals surface area contributed by atoms with Crippen molar-refractivity contribution < 1.29 is 9.66 Å². The molecule has 98 valence electrons. The van der Waals surface area contributed by atoms with Crippen molar-refractivity contribution in [2.45, 2.75) is 12.3 Å². The average molecular weight is 323 g/mol. The Labute approximate surface area is 118 Å². The number of ether oxygens (including phenoxy) is 1. The Kier molecular flexibility index (Phi) is 4.11. The predicted octanol–water partition coefficient (Wildman–Crippen LogP) is 3.99. The smallest absolute Gasteiger partial charge is 0.273 e. The summed E-state index contributed by atoms with van der Waals surface area (Å²) in [7, 11) is 0. The number of pyridine rings is 1. The van der Waals surface area contributed by atoms with Crippen LogP contribution in [0.25, 0.3) is 0 Å². The third kappa shape index (κ3) is 3.29. The summed E-state index contributed by atoms with van der Waals surface area (Å²) in [6.45, 7) is 1.83. The Morgan fingerprint density at radius 3 is 2.74 bits per heavy atom. The van der Waals surface area contributed by atoms with Crippen LogP contribution in [0.1, 0.15) is 11.1 Å². The van der Waals surface area contributed by atoms with Gasteiger partial charge in [-0.05, 0) is 24.1 Å². The molecule has 0 aliphatic rings. The van der Waals surface area contributed by atoms with Gasteiger partial charge in [-0.15, -0.1) is 0 Å². The lowest BCUT2D eigenvalue weighted by molar-refractivity contribution is -0.384. The van der Waals surface area contributed by atoms with Gasteiger partial charge in [0.15, 0.2) is 0 Å². The molecule has 0 atom stereocenters. The number of halogens is 1. The molecule has 0 saturated carbocycles. The zero-order valence-corrected chi connectivity index (χ0v) is 11.8. The fraction of sp³-hybridized carbons (Fsp3) is 0.154. The minimum Gasteiger partial charge on any atom is -0.439 e. The highest BCUT2D eigenvalue weighted by Crippen LogP contribution is 2.28. The van der Waals surface area contributed by atoms with Crippen LogP contribution < -0.4 is 4.74 Å². The van der Waals surface area contributed by atoms with Crippen molar-refractivity contribution in [1.29, 1.82) is 0 Å². The standard InChI is InChI=1S/C13H11BrN2O3/c1-9-2-4-11(16(17)18)6-12(9)19-13-5-3-10(7-14)8-15-13/h2-6,8H,7H2,1H3. The van der Waals surface area contributed by atoms with Crippen molar-refractivity contribution in [2.75, 3.05) is 0 Å². The van der Waals surface area contributed by atoms with E-state index >= 15 is 0 Å². The molecule has 0 amide bonds. The van der Waals surface area contributed by atoms with E-state index < -0.39 is 4.92 Å². The van der Waals surface area contributed by atoms with Gasteiger partial charge in [0.25, 0.3) is 5.69 Å². The molecule has 5 nitrogen and oxygen atoms in total. The molecule has 2 rings (SSSR count). The molecular weight excluding hydrogens is 312 g/mol. The number of aryl methyl sites for hydroxylation is 1. The van der Waals surface area contributed by atoms with Gasteiger partial charge in [0, 0.05) is 23.7 Å². The lowest BCUT2D eigenvalue weighted by atomic mass is 10.2. The van der Waals surface area contributed by atoms with Crippen molar-refractivity contribution in [3.63, 3.8) is 0 Å². The van der Waals surface area contributed by atoms with Gasteiger partial charge in [-0.3, -0.25) is 10.1 Å². The second kappa shape index (κ2) is 5.79. The van der Waals surface area contributed by atoms with Gasteiger partial charge >= 0.3 is 0 Å². The molecule has 0 fully saturated rings. The van der Waals surface area contributed by atoms with E-state index in [-0.39, 0.29) is 5.69 Å². The first-order chi connectivity index (χ1) is 9.10. The Morgan fingerprint density at radius 1 is 1.37 bits per heavy atom. The first-order valence-electron chi connectivity index (χ1n) is 5.54. The molecule has 0 N–H and O–H groups in total. The lowest BCUT2D eigenvalue weighted by Gasteiger charge is -2.07. The maximum atomic E-state index is 10.7. The highest BCUT2D eigenvalue weighted by Gasteiger charge is 2.10. The average Bonchev–Trinajstić information content (AvgIpc) is 2.42. The van der Waals surface area contributed by atoms with E-state index in [1.165, 1.54) is 12.1 Å². The van der Waals surface area contributed by atoms with Crippen LogP contribution in [-0.2, 0) is 5.33 Å². The minimum atomic E-state index is -0.451. The van der Waals surface area contributed by atoms with Crippen LogP contribution in [0.15, 0.2) is 36.5 Å². The van der Waals surface area contributed by atoms with E-state index in [0.717, 1.165) is 16.5 Å². The summed E-state index contributed by atoms with van der Waals surface area (Å²) >= 11 is 3.33. The Bertz CT molecular complexity index is 599. The van der Waals surface area contributed by atoms with Gasteiger partial charge in [0.05, 0.1) is 11.0 Å². The van der Waals surface area contributed by atoms with Crippen LogP contribution >= 0.6 is 15.9 Å². The fourth-order valence-electron chi connectivity index (χ4n) is 1.48. The summed E-state index contributed by atoms with van der Waals surface area (Å²) < 4.78 is 5.57.